The monoisotopic (exact) mass is 261 g/mol. The largest absolute Gasteiger partial charge is 0.481 e. The summed E-state index contributed by atoms with van der Waals surface area (Å²) < 4.78 is 5.12. The topological polar surface area (TPSA) is 28.6 Å². The fraction of sp³-hybridized carbons (Fsp3) is 0.667. The molecule has 3 unspecified atom stereocenters. The smallest absolute Gasteiger partial charge is 0.213 e. The van der Waals surface area contributed by atoms with Crippen LogP contribution in [-0.4, -0.2) is 48.2 Å². The van der Waals surface area contributed by atoms with Gasteiger partial charge in [0.15, 0.2) is 0 Å². The van der Waals surface area contributed by atoms with Crippen LogP contribution in [0.3, 0.4) is 0 Å². The van der Waals surface area contributed by atoms with Gasteiger partial charge in [-0.15, -0.1) is 0 Å². The van der Waals surface area contributed by atoms with Crippen molar-refractivity contribution in [3.8, 4) is 5.88 Å². The zero-order valence-corrected chi connectivity index (χ0v) is 12.0. The third-order valence-corrected chi connectivity index (χ3v) is 4.66. The number of anilines is 1. The molecule has 0 radical (unpaired) electrons. The number of methoxy groups -OCH3 is 1. The number of ether oxygens (including phenoxy) is 1. The van der Waals surface area contributed by atoms with Gasteiger partial charge in [-0.25, -0.2) is 4.98 Å². The standard InChI is InChI=1S/C15H23N3O/c1-4-11(2)17-9-13-7-14(10-17)18(13)12-5-6-15(19-3)16-8-12/h5-6,8,11,13-14H,4,7,9-10H2,1-3H3. The van der Waals surface area contributed by atoms with Gasteiger partial charge in [0.1, 0.15) is 0 Å². The molecule has 4 heterocycles. The summed E-state index contributed by atoms with van der Waals surface area (Å²) in [5, 5.41) is 0. The predicted octanol–water partition coefficient (Wildman–Crippen LogP) is 2.15. The highest BCUT2D eigenvalue weighted by Crippen LogP contribution is 2.37. The Morgan fingerprint density at radius 2 is 2.11 bits per heavy atom. The third-order valence-electron chi connectivity index (χ3n) is 4.66. The molecule has 2 bridgehead atoms. The highest BCUT2D eigenvalue weighted by atomic mass is 16.5. The Balaban J connectivity index is 1.69. The Bertz CT molecular complexity index is 422. The first-order valence-electron chi connectivity index (χ1n) is 7.25. The fourth-order valence-corrected chi connectivity index (χ4v) is 3.33. The molecular weight excluding hydrogens is 238 g/mol. The molecule has 4 heteroatoms. The van der Waals surface area contributed by atoms with E-state index in [1.54, 1.807) is 7.11 Å². The van der Waals surface area contributed by atoms with E-state index in [1.807, 2.05) is 12.3 Å². The van der Waals surface area contributed by atoms with Gasteiger partial charge < -0.3 is 9.64 Å². The zero-order valence-electron chi connectivity index (χ0n) is 12.0. The lowest BCUT2D eigenvalue weighted by Crippen LogP contribution is -2.70. The Hall–Kier alpha value is -1.29. The molecule has 0 aliphatic carbocycles. The van der Waals surface area contributed by atoms with E-state index >= 15 is 0 Å². The molecule has 0 spiro atoms. The number of hydrogen-bond donors (Lipinski definition) is 0. The number of piperidine rings is 1. The lowest BCUT2D eigenvalue weighted by atomic mass is 9.86. The first-order chi connectivity index (χ1) is 9.22. The SMILES string of the molecule is CCC(C)N1CC2CC(C1)N2c1ccc(OC)nc1. The van der Waals surface area contributed by atoms with E-state index in [2.05, 4.69) is 34.7 Å². The number of rotatable bonds is 4. The van der Waals surface area contributed by atoms with E-state index in [1.165, 1.54) is 31.6 Å². The average Bonchev–Trinajstić information content (AvgIpc) is 2.47. The van der Waals surface area contributed by atoms with Crippen LogP contribution < -0.4 is 9.64 Å². The van der Waals surface area contributed by atoms with Crippen LogP contribution in [-0.2, 0) is 0 Å². The summed E-state index contributed by atoms with van der Waals surface area (Å²) in [6.45, 7) is 7.00. The van der Waals surface area contributed by atoms with Crippen molar-refractivity contribution in [2.75, 3.05) is 25.1 Å². The minimum atomic E-state index is 0.669. The summed E-state index contributed by atoms with van der Waals surface area (Å²) in [5.41, 5.74) is 1.24. The van der Waals surface area contributed by atoms with E-state index in [4.69, 9.17) is 4.74 Å². The lowest BCUT2D eigenvalue weighted by Gasteiger charge is -2.58. The van der Waals surface area contributed by atoms with E-state index < -0.39 is 0 Å². The van der Waals surface area contributed by atoms with Gasteiger partial charge in [0.25, 0.3) is 0 Å². The van der Waals surface area contributed by atoms with Crippen LogP contribution >= 0.6 is 0 Å². The zero-order chi connectivity index (χ0) is 13.4. The van der Waals surface area contributed by atoms with Crippen molar-refractivity contribution in [1.29, 1.82) is 0 Å². The summed E-state index contributed by atoms with van der Waals surface area (Å²) in [6, 6.07) is 6.13. The Morgan fingerprint density at radius 1 is 1.37 bits per heavy atom. The summed E-state index contributed by atoms with van der Waals surface area (Å²) in [5.74, 6) is 0.690. The Labute approximate surface area is 115 Å². The number of fused-ring (bicyclic) bond motifs is 2. The average molecular weight is 261 g/mol. The number of pyridine rings is 1. The quantitative estimate of drug-likeness (QED) is 0.830. The third kappa shape index (κ3) is 2.18. The number of aromatic nitrogens is 1. The first kappa shape index (κ1) is 12.7. The highest BCUT2D eigenvalue weighted by molar-refractivity contribution is 5.51. The second-order valence-corrected chi connectivity index (χ2v) is 5.72. The van der Waals surface area contributed by atoms with Gasteiger partial charge in [-0.1, -0.05) is 6.92 Å². The van der Waals surface area contributed by atoms with E-state index in [0.717, 1.165) is 0 Å². The Morgan fingerprint density at radius 3 is 2.63 bits per heavy atom. The number of hydrogen-bond acceptors (Lipinski definition) is 4. The highest BCUT2D eigenvalue weighted by Gasteiger charge is 2.45. The van der Waals surface area contributed by atoms with Gasteiger partial charge in [-0.05, 0) is 25.8 Å². The van der Waals surface area contributed by atoms with Crippen LogP contribution in [0, 0.1) is 0 Å². The second kappa shape index (κ2) is 5.00. The Kier molecular flexibility index (Phi) is 3.35. The number of piperazine rings is 1. The molecule has 104 valence electrons. The predicted molar refractivity (Wildman–Crippen MR) is 76.8 cm³/mol. The van der Waals surface area contributed by atoms with Crippen molar-refractivity contribution in [2.24, 2.45) is 0 Å². The van der Waals surface area contributed by atoms with Gasteiger partial charge >= 0.3 is 0 Å². The van der Waals surface area contributed by atoms with Crippen LogP contribution in [0.1, 0.15) is 26.7 Å². The summed E-state index contributed by atoms with van der Waals surface area (Å²) in [4.78, 5) is 9.48. The maximum Gasteiger partial charge on any atom is 0.213 e. The summed E-state index contributed by atoms with van der Waals surface area (Å²) >= 11 is 0. The van der Waals surface area contributed by atoms with Crippen molar-refractivity contribution in [2.45, 2.75) is 44.8 Å². The normalized spacial score (nSPS) is 27.8. The van der Waals surface area contributed by atoms with Gasteiger partial charge in [0, 0.05) is 37.3 Å². The minimum absolute atomic E-state index is 0.669. The van der Waals surface area contributed by atoms with E-state index in [0.29, 0.717) is 24.0 Å². The van der Waals surface area contributed by atoms with E-state index in [9.17, 15) is 0 Å². The molecule has 1 aromatic rings. The molecule has 3 saturated heterocycles. The maximum absolute atomic E-state index is 5.12. The van der Waals surface area contributed by atoms with Crippen molar-refractivity contribution in [3.05, 3.63) is 18.3 Å². The minimum Gasteiger partial charge on any atom is -0.481 e. The van der Waals surface area contributed by atoms with E-state index in [-0.39, 0.29) is 0 Å². The molecule has 3 aliphatic rings. The van der Waals surface area contributed by atoms with Crippen LogP contribution in [0.2, 0.25) is 0 Å². The van der Waals surface area contributed by atoms with Gasteiger partial charge in [0.05, 0.1) is 19.0 Å². The van der Waals surface area contributed by atoms with Gasteiger partial charge in [-0.3, -0.25) is 4.90 Å². The van der Waals surface area contributed by atoms with Crippen molar-refractivity contribution >= 4 is 5.69 Å². The molecule has 3 aliphatic heterocycles. The second-order valence-electron chi connectivity index (χ2n) is 5.72. The van der Waals surface area contributed by atoms with Crippen LogP contribution in [0.5, 0.6) is 5.88 Å². The number of nitrogens with zero attached hydrogens (tertiary/aromatic N) is 3. The molecule has 4 nitrogen and oxygen atoms in total. The van der Waals surface area contributed by atoms with Crippen LogP contribution in [0.15, 0.2) is 18.3 Å². The molecule has 4 rings (SSSR count). The molecule has 0 amide bonds. The van der Waals surface area contributed by atoms with Gasteiger partial charge in [0.2, 0.25) is 5.88 Å². The van der Waals surface area contributed by atoms with Crippen molar-refractivity contribution in [3.63, 3.8) is 0 Å². The van der Waals surface area contributed by atoms with Gasteiger partial charge in [-0.2, -0.15) is 0 Å². The maximum atomic E-state index is 5.12. The van der Waals surface area contributed by atoms with Crippen LogP contribution in [0.4, 0.5) is 5.69 Å². The first-order valence-corrected chi connectivity index (χ1v) is 7.25. The molecule has 1 aromatic heterocycles. The van der Waals surface area contributed by atoms with Crippen molar-refractivity contribution < 1.29 is 4.74 Å². The molecule has 0 N–H and O–H groups in total. The molecule has 0 saturated carbocycles. The summed E-state index contributed by atoms with van der Waals surface area (Å²) in [6.07, 6.45) is 4.51. The fourth-order valence-electron chi connectivity index (χ4n) is 3.33. The summed E-state index contributed by atoms with van der Waals surface area (Å²) in [7, 11) is 1.66. The van der Waals surface area contributed by atoms with Crippen molar-refractivity contribution in [1.82, 2.24) is 9.88 Å². The molecule has 0 aromatic carbocycles. The molecular formula is C15H23N3O. The molecule has 3 fully saturated rings. The molecule has 3 atom stereocenters. The lowest BCUT2D eigenvalue weighted by molar-refractivity contribution is 0.0805. The molecule has 19 heavy (non-hydrogen) atoms. The van der Waals surface area contributed by atoms with Crippen LogP contribution in [0.25, 0.3) is 0 Å².